The van der Waals surface area contributed by atoms with Crippen molar-refractivity contribution < 1.29 is 0 Å². The molecule has 7 heteroatoms. The molecule has 1 fully saturated rings. The molecule has 1 saturated carbocycles. The van der Waals surface area contributed by atoms with E-state index in [-0.39, 0.29) is 5.56 Å². The Morgan fingerprint density at radius 2 is 1.96 bits per heavy atom. The van der Waals surface area contributed by atoms with Crippen LogP contribution >= 0.6 is 0 Å². The first kappa shape index (κ1) is 18.0. The van der Waals surface area contributed by atoms with E-state index < -0.39 is 0 Å². The standard InChI is InChI=1S/C21H22N6O/c1-26(2)14-24-18-11-22-21(23-12-18)17-5-3-4-15(10-17)13-27-20(28)9-8-19(25-27)16-6-7-16/h3-5,8-12,14,16H,6-7,13H2,1-2H3. The summed E-state index contributed by atoms with van der Waals surface area (Å²) in [4.78, 5) is 27.1. The Labute approximate surface area is 163 Å². The number of aliphatic imine (C=N–C) groups is 1. The molecule has 0 saturated heterocycles. The third kappa shape index (κ3) is 4.31. The van der Waals surface area contributed by atoms with E-state index in [4.69, 9.17) is 0 Å². The second-order valence-corrected chi connectivity index (χ2v) is 7.20. The molecule has 0 aliphatic heterocycles. The highest BCUT2D eigenvalue weighted by Gasteiger charge is 2.25. The summed E-state index contributed by atoms with van der Waals surface area (Å²) < 4.78 is 1.53. The maximum absolute atomic E-state index is 12.2. The Bertz CT molecular complexity index is 1050. The third-order valence-electron chi connectivity index (χ3n) is 4.48. The molecule has 142 valence electrons. The van der Waals surface area contributed by atoms with Crippen molar-refractivity contribution in [1.82, 2.24) is 24.6 Å². The maximum atomic E-state index is 12.2. The predicted molar refractivity (Wildman–Crippen MR) is 109 cm³/mol. The minimum Gasteiger partial charge on any atom is -0.369 e. The van der Waals surface area contributed by atoms with Crippen molar-refractivity contribution in [2.45, 2.75) is 25.3 Å². The van der Waals surface area contributed by atoms with Crippen molar-refractivity contribution in [3.8, 4) is 11.4 Å². The zero-order valence-corrected chi connectivity index (χ0v) is 16.0. The van der Waals surface area contributed by atoms with Crippen LogP contribution in [0.25, 0.3) is 11.4 Å². The molecule has 0 amide bonds. The molecule has 0 bridgehead atoms. The van der Waals surface area contributed by atoms with Crippen LogP contribution in [0.15, 0.2) is 58.6 Å². The number of nitrogens with zero attached hydrogens (tertiary/aromatic N) is 6. The van der Waals surface area contributed by atoms with Crippen LogP contribution in [-0.4, -0.2) is 45.1 Å². The minimum atomic E-state index is -0.0887. The highest BCUT2D eigenvalue weighted by Crippen LogP contribution is 2.38. The molecule has 0 radical (unpaired) electrons. The van der Waals surface area contributed by atoms with Crippen LogP contribution in [-0.2, 0) is 6.54 Å². The summed E-state index contributed by atoms with van der Waals surface area (Å²) in [5, 5.41) is 4.53. The van der Waals surface area contributed by atoms with Gasteiger partial charge in [-0.3, -0.25) is 4.79 Å². The van der Waals surface area contributed by atoms with Crippen molar-refractivity contribution in [1.29, 1.82) is 0 Å². The Balaban J connectivity index is 1.55. The monoisotopic (exact) mass is 374 g/mol. The zero-order chi connectivity index (χ0) is 19.5. The Morgan fingerprint density at radius 1 is 1.18 bits per heavy atom. The molecule has 1 aromatic carbocycles. The summed E-state index contributed by atoms with van der Waals surface area (Å²) >= 11 is 0. The number of aromatic nitrogens is 4. The summed E-state index contributed by atoms with van der Waals surface area (Å²) in [6.07, 6.45) is 7.42. The van der Waals surface area contributed by atoms with Crippen LogP contribution in [0.3, 0.4) is 0 Å². The van der Waals surface area contributed by atoms with Gasteiger partial charge in [-0.25, -0.2) is 19.6 Å². The van der Waals surface area contributed by atoms with Gasteiger partial charge in [0.05, 0.1) is 31.0 Å². The summed E-state index contributed by atoms with van der Waals surface area (Å²) in [6, 6.07) is 11.3. The fourth-order valence-electron chi connectivity index (χ4n) is 2.88. The molecule has 0 N–H and O–H groups in total. The summed E-state index contributed by atoms with van der Waals surface area (Å²) in [7, 11) is 3.81. The van der Waals surface area contributed by atoms with Gasteiger partial charge in [-0.05, 0) is 30.5 Å². The molecular formula is C21H22N6O. The van der Waals surface area contributed by atoms with Crippen molar-refractivity contribution in [2.75, 3.05) is 14.1 Å². The molecule has 7 nitrogen and oxygen atoms in total. The lowest BCUT2D eigenvalue weighted by molar-refractivity contribution is 0.619. The average Bonchev–Trinajstić information content (AvgIpc) is 3.54. The van der Waals surface area contributed by atoms with Crippen LogP contribution in [0.4, 0.5) is 5.69 Å². The lowest BCUT2D eigenvalue weighted by Crippen LogP contribution is -2.23. The van der Waals surface area contributed by atoms with Gasteiger partial charge >= 0.3 is 0 Å². The summed E-state index contributed by atoms with van der Waals surface area (Å²) in [5.41, 5.74) is 3.49. The van der Waals surface area contributed by atoms with Gasteiger partial charge in [0.2, 0.25) is 0 Å². The van der Waals surface area contributed by atoms with Crippen LogP contribution in [0.1, 0.15) is 30.0 Å². The van der Waals surface area contributed by atoms with E-state index in [0.29, 0.717) is 24.0 Å². The topological polar surface area (TPSA) is 76.3 Å². The van der Waals surface area contributed by atoms with E-state index in [1.165, 1.54) is 4.68 Å². The van der Waals surface area contributed by atoms with Gasteiger partial charge in [-0.15, -0.1) is 0 Å². The lowest BCUT2D eigenvalue weighted by atomic mass is 10.1. The summed E-state index contributed by atoms with van der Waals surface area (Å²) in [6.45, 7) is 0.429. The number of benzene rings is 1. The smallest absolute Gasteiger partial charge is 0.267 e. The van der Waals surface area contributed by atoms with Crippen molar-refractivity contribution >= 4 is 12.0 Å². The van der Waals surface area contributed by atoms with E-state index in [1.807, 2.05) is 49.3 Å². The van der Waals surface area contributed by atoms with E-state index >= 15 is 0 Å². The van der Waals surface area contributed by atoms with Crippen LogP contribution in [0.5, 0.6) is 0 Å². The summed E-state index contributed by atoms with van der Waals surface area (Å²) in [5.74, 6) is 1.14. The predicted octanol–water partition coefficient (Wildman–Crippen LogP) is 2.85. The van der Waals surface area contributed by atoms with Crippen molar-refractivity contribution in [3.63, 3.8) is 0 Å². The van der Waals surface area contributed by atoms with Crippen LogP contribution < -0.4 is 5.56 Å². The van der Waals surface area contributed by atoms with Gasteiger partial charge in [-0.2, -0.15) is 5.10 Å². The highest BCUT2D eigenvalue weighted by molar-refractivity contribution is 5.61. The van der Waals surface area contributed by atoms with E-state index in [0.717, 1.165) is 29.7 Å². The number of hydrogen-bond donors (Lipinski definition) is 0. The molecule has 4 rings (SSSR count). The van der Waals surface area contributed by atoms with Crippen molar-refractivity contribution in [3.05, 3.63) is 70.4 Å². The van der Waals surface area contributed by atoms with Crippen molar-refractivity contribution in [2.24, 2.45) is 4.99 Å². The molecule has 28 heavy (non-hydrogen) atoms. The number of rotatable bonds is 6. The molecular weight excluding hydrogens is 352 g/mol. The second-order valence-electron chi connectivity index (χ2n) is 7.20. The Kier molecular flexibility index (Phi) is 4.97. The first-order valence-electron chi connectivity index (χ1n) is 9.28. The third-order valence-corrected chi connectivity index (χ3v) is 4.48. The molecule has 3 aromatic rings. The van der Waals surface area contributed by atoms with E-state index in [2.05, 4.69) is 20.1 Å². The molecule has 1 aliphatic rings. The first-order chi connectivity index (χ1) is 13.6. The molecule has 0 atom stereocenters. The SMILES string of the molecule is CN(C)C=Nc1cnc(-c2cccc(Cn3nc(C4CC4)ccc3=O)c2)nc1. The average molecular weight is 374 g/mol. The Hall–Kier alpha value is -3.35. The molecule has 2 aromatic heterocycles. The Morgan fingerprint density at radius 3 is 2.68 bits per heavy atom. The first-order valence-corrected chi connectivity index (χ1v) is 9.28. The fraction of sp³-hybridized carbons (Fsp3) is 0.286. The zero-order valence-electron chi connectivity index (χ0n) is 16.0. The largest absolute Gasteiger partial charge is 0.369 e. The molecule has 0 spiro atoms. The van der Waals surface area contributed by atoms with E-state index in [1.54, 1.807) is 24.8 Å². The van der Waals surface area contributed by atoms with Crippen LogP contribution in [0, 0.1) is 0 Å². The normalized spacial score (nSPS) is 13.8. The quantitative estimate of drug-likeness (QED) is 0.490. The second kappa shape index (κ2) is 7.72. The van der Waals surface area contributed by atoms with E-state index in [9.17, 15) is 4.79 Å². The maximum Gasteiger partial charge on any atom is 0.267 e. The molecule has 2 heterocycles. The van der Waals surface area contributed by atoms with Gasteiger partial charge in [-0.1, -0.05) is 18.2 Å². The molecule has 0 unspecified atom stereocenters. The van der Waals surface area contributed by atoms with Gasteiger partial charge in [0.1, 0.15) is 5.69 Å². The van der Waals surface area contributed by atoms with Gasteiger partial charge in [0.15, 0.2) is 5.82 Å². The number of hydrogen-bond acceptors (Lipinski definition) is 5. The minimum absolute atomic E-state index is 0.0887. The fourth-order valence-corrected chi connectivity index (χ4v) is 2.88. The van der Waals surface area contributed by atoms with Crippen LogP contribution in [0.2, 0.25) is 0 Å². The van der Waals surface area contributed by atoms with Gasteiger partial charge in [0.25, 0.3) is 5.56 Å². The highest BCUT2D eigenvalue weighted by atomic mass is 16.1. The lowest BCUT2D eigenvalue weighted by Gasteiger charge is -2.08. The molecule has 1 aliphatic carbocycles. The van der Waals surface area contributed by atoms with Gasteiger partial charge < -0.3 is 4.90 Å². The van der Waals surface area contributed by atoms with Gasteiger partial charge in [0, 0.05) is 31.6 Å².